The zero-order chi connectivity index (χ0) is 13.5. The first-order valence-electron chi connectivity index (χ1n) is 7.54. The second kappa shape index (κ2) is 8.39. The van der Waals surface area contributed by atoms with Gasteiger partial charge in [-0.2, -0.15) is 0 Å². The lowest BCUT2D eigenvalue weighted by Crippen LogP contribution is -2.44. The van der Waals surface area contributed by atoms with Crippen molar-refractivity contribution in [3.63, 3.8) is 0 Å². The summed E-state index contributed by atoms with van der Waals surface area (Å²) in [7, 11) is 0. The van der Waals surface area contributed by atoms with E-state index in [0.29, 0.717) is 24.0 Å². The maximum atomic E-state index is 8.84. The monoisotopic (exact) mass is 276 g/mol. The van der Waals surface area contributed by atoms with E-state index in [0.717, 1.165) is 25.7 Å². The summed E-state index contributed by atoms with van der Waals surface area (Å²) in [4.78, 5) is 0. The van der Waals surface area contributed by atoms with Gasteiger partial charge in [0, 0.05) is 12.0 Å². The highest BCUT2D eigenvalue weighted by molar-refractivity contribution is 6.20. The molecule has 0 aromatic rings. The van der Waals surface area contributed by atoms with Gasteiger partial charge in [0.2, 0.25) is 0 Å². The molecule has 1 heterocycles. The fourth-order valence-electron chi connectivity index (χ4n) is 3.04. The molecule has 0 spiro atoms. The molecule has 0 aliphatic carbocycles. The van der Waals surface area contributed by atoms with Crippen LogP contribution in [0.4, 0.5) is 0 Å². The van der Waals surface area contributed by atoms with Crippen LogP contribution in [-0.4, -0.2) is 29.3 Å². The smallest absolute Gasteiger partial charge is 0.0646 e. The quantitative estimate of drug-likeness (QED) is 0.563. The predicted octanol–water partition coefficient (Wildman–Crippen LogP) is 3.99. The van der Waals surface area contributed by atoms with E-state index in [1.807, 2.05) is 0 Å². The van der Waals surface area contributed by atoms with Crippen LogP contribution >= 0.6 is 11.6 Å². The summed E-state index contributed by atoms with van der Waals surface area (Å²) in [5, 5.41) is 9.08. The van der Waals surface area contributed by atoms with Crippen LogP contribution in [0.3, 0.4) is 0 Å². The lowest BCUT2D eigenvalue weighted by molar-refractivity contribution is -0.108. The third kappa shape index (κ3) is 4.40. The number of hydrogen-bond acceptors (Lipinski definition) is 2. The standard InChI is InChI=1S/C15H29ClO2/c1-4-12(5-2)15-11(3)14(16)10-13(18-15)8-6-7-9-17/h11-15,17H,4-10H2,1-3H3/t11-,13+,14-,15+/m1/s1. The van der Waals surface area contributed by atoms with Crippen molar-refractivity contribution < 1.29 is 9.84 Å². The molecule has 1 saturated heterocycles. The summed E-state index contributed by atoms with van der Waals surface area (Å²) >= 11 is 6.50. The number of ether oxygens (including phenoxy) is 1. The Morgan fingerprint density at radius 3 is 2.50 bits per heavy atom. The zero-order valence-electron chi connectivity index (χ0n) is 12.1. The van der Waals surface area contributed by atoms with Crippen LogP contribution < -0.4 is 0 Å². The predicted molar refractivity (Wildman–Crippen MR) is 77.1 cm³/mol. The van der Waals surface area contributed by atoms with Gasteiger partial charge >= 0.3 is 0 Å². The van der Waals surface area contributed by atoms with E-state index in [9.17, 15) is 0 Å². The second-order valence-electron chi connectivity index (χ2n) is 5.63. The van der Waals surface area contributed by atoms with Gasteiger partial charge in [-0.15, -0.1) is 11.6 Å². The third-order valence-corrected chi connectivity index (χ3v) is 4.95. The average molecular weight is 277 g/mol. The van der Waals surface area contributed by atoms with Crippen molar-refractivity contribution in [1.82, 2.24) is 0 Å². The van der Waals surface area contributed by atoms with Gasteiger partial charge in [0.1, 0.15) is 0 Å². The van der Waals surface area contributed by atoms with E-state index in [2.05, 4.69) is 20.8 Å². The number of halogens is 1. The number of unbranched alkanes of at least 4 members (excludes halogenated alkanes) is 1. The van der Waals surface area contributed by atoms with Gasteiger partial charge in [-0.3, -0.25) is 0 Å². The Hall–Kier alpha value is 0.210. The highest BCUT2D eigenvalue weighted by atomic mass is 35.5. The van der Waals surface area contributed by atoms with E-state index >= 15 is 0 Å². The summed E-state index contributed by atoms with van der Waals surface area (Å²) in [6.07, 6.45) is 6.85. The molecule has 4 atom stereocenters. The number of aliphatic hydroxyl groups excluding tert-OH is 1. The topological polar surface area (TPSA) is 29.5 Å². The molecule has 1 aliphatic rings. The molecule has 0 saturated carbocycles. The van der Waals surface area contributed by atoms with Gasteiger partial charge in [0.15, 0.2) is 0 Å². The number of hydrogen-bond donors (Lipinski definition) is 1. The summed E-state index contributed by atoms with van der Waals surface area (Å²) in [6, 6.07) is 0. The van der Waals surface area contributed by atoms with Crippen LogP contribution in [0.5, 0.6) is 0 Å². The normalized spacial score (nSPS) is 33.0. The van der Waals surface area contributed by atoms with E-state index < -0.39 is 0 Å². The molecule has 0 unspecified atom stereocenters. The van der Waals surface area contributed by atoms with Crippen LogP contribution in [0, 0.1) is 11.8 Å². The van der Waals surface area contributed by atoms with Crippen LogP contribution in [0.2, 0.25) is 0 Å². The maximum Gasteiger partial charge on any atom is 0.0646 e. The Morgan fingerprint density at radius 1 is 1.28 bits per heavy atom. The zero-order valence-corrected chi connectivity index (χ0v) is 12.8. The van der Waals surface area contributed by atoms with Gasteiger partial charge < -0.3 is 9.84 Å². The molecule has 0 radical (unpaired) electrons. The lowest BCUT2D eigenvalue weighted by atomic mass is 9.82. The highest BCUT2D eigenvalue weighted by Gasteiger charge is 2.37. The summed E-state index contributed by atoms with van der Waals surface area (Å²) in [6.45, 7) is 6.99. The number of rotatable bonds is 7. The Kier molecular flexibility index (Phi) is 7.59. The number of aliphatic hydroxyl groups is 1. The summed E-state index contributed by atoms with van der Waals surface area (Å²) in [5.41, 5.74) is 0. The molecule has 0 bridgehead atoms. The van der Waals surface area contributed by atoms with Crippen LogP contribution in [0.1, 0.15) is 59.3 Å². The van der Waals surface area contributed by atoms with Crippen molar-refractivity contribution in [2.24, 2.45) is 11.8 Å². The molecule has 0 aromatic carbocycles. The number of alkyl halides is 1. The Morgan fingerprint density at radius 2 is 1.94 bits per heavy atom. The summed E-state index contributed by atoms with van der Waals surface area (Å²) < 4.78 is 6.29. The van der Waals surface area contributed by atoms with Crippen molar-refractivity contribution in [2.45, 2.75) is 76.9 Å². The molecule has 2 nitrogen and oxygen atoms in total. The first-order chi connectivity index (χ1) is 8.63. The van der Waals surface area contributed by atoms with E-state index in [1.165, 1.54) is 12.8 Å². The van der Waals surface area contributed by atoms with Gasteiger partial charge in [-0.25, -0.2) is 0 Å². The first kappa shape index (κ1) is 16.3. The molecular formula is C15H29ClO2. The van der Waals surface area contributed by atoms with Crippen LogP contribution in [-0.2, 0) is 4.74 Å². The minimum Gasteiger partial charge on any atom is -0.396 e. The third-order valence-electron chi connectivity index (χ3n) is 4.37. The van der Waals surface area contributed by atoms with Gasteiger partial charge in [0.05, 0.1) is 12.2 Å². The van der Waals surface area contributed by atoms with E-state index in [-0.39, 0.29) is 12.0 Å². The minimum absolute atomic E-state index is 0.239. The SMILES string of the molecule is CCC(CC)[C@H]1O[C@@H](CCCCO)C[C@@H](Cl)[C@H]1C. The molecule has 1 rings (SSSR count). The largest absolute Gasteiger partial charge is 0.396 e. The molecule has 0 aromatic heterocycles. The fourth-order valence-corrected chi connectivity index (χ4v) is 3.38. The van der Waals surface area contributed by atoms with Crippen molar-refractivity contribution in [2.75, 3.05) is 6.61 Å². The van der Waals surface area contributed by atoms with Crippen molar-refractivity contribution in [1.29, 1.82) is 0 Å². The maximum absolute atomic E-state index is 8.84. The molecular weight excluding hydrogens is 248 g/mol. The summed E-state index contributed by atoms with van der Waals surface area (Å²) in [5.74, 6) is 1.08. The molecule has 108 valence electrons. The van der Waals surface area contributed by atoms with E-state index in [1.54, 1.807) is 0 Å². The molecule has 1 fully saturated rings. The first-order valence-corrected chi connectivity index (χ1v) is 7.98. The minimum atomic E-state index is 0.239. The van der Waals surface area contributed by atoms with Gasteiger partial charge in [-0.05, 0) is 37.5 Å². The lowest BCUT2D eigenvalue weighted by Gasteiger charge is -2.41. The average Bonchev–Trinajstić information content (AvgIpc) is 2.36. The molecule has 3 heteroatoms. The van der Waals surface area contributed by atoms with Crippen LogP contribution in [0.15, 0.2) is 0 Å². The Balaban J connectivity index is 2.54. The highest BCUT2D eigenvalue weighted by Crippen LogP contribution is 2.36. The van der Waals surface area contributed by atoms with Crippen molar-refractivity contribution in [3.05, 3.63) is 0 Å². The second-order valence-corrected chi connectivity index (χ2v) is 6.19. The van der Waals surface area contributed by atoms with Crippen molar-refractivity contribution in [3.8, 4) is 0 Å². The van der Waals surface area contributed by atoms with Gasteiger partial charge in [-0.1, -0.05) is 33.6 Å². The molecule has 0 amide bonds. The van der Waals surface area contributed by atoms with Crippen molar-refractivity contribution >= 4 is 11.6 Å². The van der Waals surface area contributed by atoms with Gasteiger partial charge in [0.25, 0.3) is 0 Å². The molecule has 1 aliphatic heterocycles. The van der Waals surface area contributed by atoms with Crippen LogP contribution in [0.25, 0.3) is 0 Å². The Labute approximate surface area is 117 Å². The van der Waals surface area contributed by atoms with E-state index in [4.69, 9.17) is 21.4 Å². The molecule has 18 heavy (non-hydrogen) atoms. The fraction of sp³-hybridized carbons (Fsp3) is 1.00. The molecule has 1 N–H and O–H groups in total. The Bertz CT molecular complexity index is 217.